The van der Waals surface area contributed by atoms with Gasteiger partial charge in [0.25, 0.3) is 0 Å². The van der Waals surface area contributed by atoms with Crippen molar-refractivity contribution in [1.82, 2.24) is 4.98 Å². The van der Waals surface area contributed by atoms with Crippen LogP contribution in [0.1, 0.15) is 12.8 Å². The van der Waals surface area contributed by atoms with Gasteiger partial charge < -0.3 is 9.64 Å². The molecule has 0 aliphatic carbocycles. The van der Waals surface area contributed by atoms with Crippen LogP contribution >= 0.6 is 31.9 Å². The summed E-state index contributed by atoms with van der Waals surface area (Å²) in [6.07, 6.45) is 4.44. The molecule has 0 unspecified atom stereocenters. The van der Waals surface area contributed by atoms with Gasteiger partial charge in [-0.3, -0.25) is 0 Å². The van der Waals surface area contributed by atoms with Gasteiger partial charge in [0.05, 0.1) is 12.7 Å². The molecule has 1 aromatic heterocycles. The van der Waals surface area contributed by atoms with Crippen LogP contribution in [0.4, 0.5) is 5.82 Å². The number of aromatic nitrogens is 1. The van der Waals surface area contributed by atoms with Crippen molar-refractivity contribution in [2.45, 2.75) is 18.9 Å². The van der Waals surface area contributed by atoms with Crippen LogP contribution in [-0.2, 0) is 4.74 Å². The molecule has 0 atom stereocenters. The number of hydrogen-bond donors (Lipinski definition) is 0. The zero-order valence-corrected chi connectivity index (χ0v) is 12.8. The van der Waals surface area contributed by atoms with Crippen molar-refractivity contribution in [3.05, 3.63) is 22.8 Å². The molecule has 0 amide bonds. The van der Waals surface area contributed by atoms with E-state index in [2.05, 4.69) is 47.8 Å². The molecule has 0 aromatic carbocycles. The Morgan fingerprint density at radius 2 is 2.12 bits per heavy atom. The lowest BCUT2D eigenvalue weighted by Crippen LogP contribution is -2.37. The van der Waals surface area contributed by atoms with Crippen molar-refractivity contribution in [3.63, 3.8) is 0 Å². The second-order valence-corrected chi connectivity index (χ2v) is 5.79. The highest BCUT2D eigenvalue weighted by Crippen LogP contribution is 2.20. The van der Waals surface area contributed by atoms with Crippen LogP contribution in [0.5, 0.6) is 0 Å². The Hall–Kier alpha value is -0.130. The lowest BCUT2D eigenvalue weighted by Gasteiger charge is -2.32. The van der Waals surface area contributed by atoms with E-state index in [1.807, 2.05) is 12.3 Å². The quantitative estimate of drug-likeness (QED) is 0.768. The molecule has 17 heavy (non-hydrogen) atoms. The largest absolute Gasteiger partial charge is 0.377 e. The summed E-state index contributed by atoms with van der Waals surface area (Å²) in [5.74, 6) is 1.06. The number of piperidine rings is 1. The number of halogens is 2. The highest BCUT2D eigenvalue weighted by atomic mass is 79.9. The standard InChI is InChI=1S/C12H16Br2N2O/c13-5-8-17-11-3-6-16(7-4-11)12-2-1-10(14)9-15-12/h1-2,9,11H,3-8H2. The average molecular weight is 364 g/mol. The van der Waals surface area contributed by atoms with Gasteiger partial charge in [-0.2, -0.15) is 0 Å². The van der Waals surface area contributed by atoms with Gasteiger partial charge in [-0.05, 0) is 40.9 Å². The predicted octanol–water partition coefficient (Wildman–Crippen LogP) is 3.22. The van der Waals surface area contributed by atoms with E-state index in [9.17, 15) is 0 Å². The maximum Gasteiger partial charge on any atom is 0.128 e. The highest BCUT2D eigenvalue weighted by Gasteiger charge is 2.20. The number of rotatable bonds is 4. The van der Waals surface area contributed by atoms with Crippen molar-refractivity contribution < 1.29 is 4.74 Å². The number of nitrogens with zero attached hydrogens (tertiary/aromatic N) is 2. The molecule has 2 rings (SSSR count). The number of ether oxygens (including phenoxy) is 1. The van der Waals surface area contributed by atoms with Crippen LogP contribution in [0.15, 0.2) is 22.8 Å². The summed E-state index contributed by atoms with van der Waals surface area (Å²) in [7, 11) is 0. The molecule has 5 heteroatoms. The van der Waals surface area contributed by atoms with Gasteiger partial charge in [0.15, 0.2) is 0 Å². The van der Waals surface area contributed by atoms with Crippen LogP contribution in [0.3, 0.4) is 0 Å². The summed E-state index contributed by atoms with van der Waals surface area (Å²) in [6.45, 7) is 2.87. The van der Waals surface area contributed by atoms with Gasteiger partial charge in [-0.1, -0.05) is 15.9 Å². The minimum Gasteiger partial charge on any atom is -0.377 e. The number of anilines is 1. The third kappa shape index (κ3) is 3.93. The molecule has 0 bridgehead atoms. The summed E-state index contributed by atoms with van der Waals surface area (Å²) >= 11 is 6.78. The summed E-state index contributed by atoms with van der Waals surface area (Å²) < 4.78 is 6.76. The van der Waals surface area contributed by atoms with Crippen molar-refractivity contribution in [2.24, 2.45) is 0 Å². The second-order valence-electron chi connectivity index (χ2n) is 4.08. The first kappa shape index (κ1) is 13.3. The Bertz CT molecular complexity index is 337. The smallest absolute Gasteiger partial charge is 0.128 e. The fourth-order valence-electron chi connectivity index (χ4n) is 2.02. The van der Waals surface area contributed by atoms with Crippen molar-refractivity contribution in [2.75, 3.05) is 29.9 Å². The summed E-state index contributed by atoms with van der Waals surface area (Å²) in [6, 6.07) is 4.10. The summed E-state index contributed by atoms with van der Waals surface area (Å²) in [5, 5.41) is 0.918. The van der Waals surface area contributed by atoms with Crippen LogP contribution < -0.4 is 4.90 Å². The van der Waals surface area contributed by atoms with Crippen LogP contribution in [0, 0.1) is 0 Å². The Kier molecular flexibility index (Phi) is 5.25. The van der Waals surface area contributed by atoms with Crippen LogP contribution in [0.25, 0.3) is 0 Å². The van der Waals surface area contributed by atoms with Gasteiger partial charge in [0.1, 0.15) is 5.82 Å². The molecule has 1 fully saturated rings. The van der Waals surface area contributed by atoms with Crippen LogP contribution in [0.2, 0.25) is 0 Å². The molecular formula is C12H16Br2N2O. The Morgan fingerprint density at radius 1 is 1.35 bits per heavy atom. The van der Waals surface area contributed by atoms with E-state index in [1.54, 1.807) is 0 Å². The number of hydrogen-bond acceptors (Lipinski definition) is 3. The fourth-order valence-corrected chi connectivity index (χ4v) is 2.44. The van der Waals surface area contributed by atoms with E-state index in [4.69, 9.17) is 4.74 Å². The first-order valence-corrected chi connectivity index (χ1v) is 7.75. The molecule has 3 nitrogen and oxygen atoms in total. The first-order chi connectivity index (χ1) is 8.29. The van der Waals surface area contributed by atoms with Gasteiger partial charge >= 0.3 is 0 Å². The monoisotopic (exact) mass is 362 g/mol. The lowest BCUT2D eigenvalue weighted by molar-refractivity contribution is 0.0480. The first-order valence-electron chi connectivity index (χ1n) is 5.83. The molecule has 2 heterocycles. The second kappa shape index (κ2) is 6.71. The molecule has 1 saturated heterocycles. The fraction of sp³-hybridized carbons (Fsp3) is 0.583. The maximum atomic E-state index is 5.73. The Balaban J connectivity index is 1.84. The van der Waals surface area contributed by atoms with E-state index < -0.39 is 0 Å². The molecule has 0 N–H and O–H groups in total. The minimum atomic E-state index is 0.416. The molecule has 94 valence electrons. The Morgan fingerprint density at radius 3 is 2.71 bits per heavy atom. The molecule has 1 aliphatic heterocycles. The molecule has 1 aliphatic rings. The number of alkyl halides is 1. The van der Waals surface area contributed by atoms with Gasteiger partial charge in [-0.25, -0.2) is 4.98 Å². The van der Waals surface area contributed by atoms with Gasteiger partial charge in [-0.15, -0.1) is 0 Å². The molecule has 0 spiro atoms. The third-order valence-corrected chi connectivity index (χ3v) is 3.70. The SMILES string of the molecule is BrCCOC1CCN(c2ccc(Br)cn2)CC1. The van der Waals surface area contributed by atoms with E-state index in [0.29, 0.717) is 6.10 Å². The van der Waals surface area contributed by atoms with Crippen molar-refractivity contribution in [3.8, 4) is 0 Å². The van der Waals surface area contributed by atoms with E-state index in [1.165, 1.54) is 0 Å². The van der Waals surface area contributed by atoms with Crippen LogP contribution in [-0.4, -0.2) is 36.1 Å². The summed E-state index contributed by atoms with van der Waals surface area (Å²) in [5.41, 5.74) is 0. The number of pyridine rings is 1. The van der Waals surface area contributed by atoms with Crippen molar-refractivity contribution >= 4 is 37.7 Å². The molecule has 0 saturated carbocycles. The normalized spacial score (nSPS) is 17.4. The molecule has 0 radical (unpaired) electrons. The minimum absolute atomic E-state index is 0.416. The van der Waals surface area contributed by atoms with Gasteiger partial charge in [0.2, 0.25) is 0 Å². The third-order valence-electron chi connectivity index (χ3n) is 2.91. The summed E-state index contributed by atoms with van der Waals surface area (Å²) in [4.78, 5) is 6.74. The molecule has 1 aromatic rings. The van der Waals surface area contributed by atoms with E-state index in [0.717, 1.165) is 48.2 Å². The zero-order valence-electron chi connectivity index (χ0n) is 9.61. The molecular weight excluding hydrogens is 348 g/mol. The Labute approximate surface area is 119 Å². The zero-order chi connectivity index (χ0) is 12.1. The average Bonchev–Trinajstić information content (AvgIpc) is 2.38. The highest BCUT2D eigenvalue weighted by molar-refractivity contribution is 9.10. The van der Waals surface area contributed by atoms with Crippen molar-refractivity contribution in [1.29, 1.82) is 0 Å². The lowest BCUT2D eigenvalue weighted by atomic mass is 10.1. The van der Waals surface area contributed by atoms with E-state index in [-0.39, 0.29) is 0 Å². The predicted molar refractivity (Wildman–Crippen MR) is 76.9 cm³/mol. The van der Waals surface area contributed by atoms with Gasteiger partial charge in [0, 0.05) is 29.1 Å². The maximum absolute atomic E-state index is 5.73. The topological polar surface area (TPSA) is 25.4 Å². The van der Waals surface area contributed by atoms with E-state index >= 15 is 0 Å².